The van der Waals surface area contributed by atoms with E-state index in [2.05, 4.69) is 60.8 Å². The van der Waals surface area contributed by atoms with Gasteiger partial charge in [-0.1, -0.05) is 62.2 Å². The van der Waals surface area contributed by atoms with Crippen LogP contribution in [0.4, 0.5) is 5.69 Å². The molecule has 0 spiro atoms. The van der Waals surface area contributed by atoms with Gasteiger partial charge in [-0.25, -0.2) is 0 Å². The fourth-order valence-electron chi connectivity index (χ4n) is 2.53. The Morgan fingerprint density at radius 1 is 0.714 bits per heavy atom. The molecule has 1 N–H and O–H groups in total. The summed E-state index contributed by atoms with van der Waals surface area (Å²) in [6.45, 7) is 3.29. The maximum atomic E-state index is 3.46. The van der Waals surface area contributed by atoms with E-state index in [0.29, 0.717) is 0 Å². The fraction of sp³-hybridized carbons (Fsp3) is 0.400. The van der Waals surface area contributed by atoms with Crippen molar-refractivity contribution in [2.75, 3.05) is 11.9 Å². The molecular weight excluding hydrogens is 254 g/mol. The average Bonchev–Trinajstić information content (AvgIpc) is 2.54. The standard InChI is InChI=1S/C20H27N/c1-2-3-5-9-18-13-15-19(16-14-18)10-8-17-21-20-11-6-4-7-12-20/h4,6-7,11-16,21H,2-3,5,8-10,17H2,1H3. The first-order valence-corrected chi connectivity index (χ1v) is 8.25. The van der Waals surface area contributed by atoms with E-state index < -0.39 is 0 Å². The normalized spacial score (nSPS) is 10.5. The number of hydrogen-bond acceptors (Lipinski definition) is 1. The van der Waals surface area contributed by atoms with Crippen LogP contribution in [-0.4, -0.2) is 6.54 Å². The molecule has 0 saturated heterocycles. The molecule has 0 amide bonds. The lowest BCUT2D eigenvalue weighted by molar-refractivity contribution is 0.717. The molecule has 2 aromatic carbocycles. The van der Waals surface area contributed by atoms with Crippen molar-refractivity contribution in [3.05, 3.63) is 65.7 Å². The van der Waals surface area contributed by atoms with E-state index in [1.54, 1.807) is 0 Å². The summed E-state index contributed by atoms with van der Waals surface area (Å²) in [5, 5.41) is 3.46. The largest absolute Gasteiger partial charge is 0.385 e. The first kappa shape index (κ1) is 15.6. The van der Waals surface area contributed by atoms with Gasteiger partial charge < -0.3 is 5.32 Å². The molecular formula is C20H27N. The monoisotopic (exact) mass is 281 g/mol. The first-order valence-electron chi connectivity index (χ1n) is 8.25. The topological polar surface area (TPSA) is 12.0 Å². The Kier molecular flexibility index (Phi) is 6.87. The van der Waals surface area contributed by atoms with Crippen molar-refractivity contribution in [1.29, 1.82) is 0 Å². The van der Waals surface area contributed by atoms with Crippen LogP contribution in [0.5, 0.6) is 0 Å². The van der Waals surface area contributed by atoms with Crippen molar-refractivity contribution >= 4 is 5.69 Å². The van der Waals surface area contributed by atoms with Crippen LogP contribution < -0.4 is 5.32 Å². The molecule has 0 saturated carbocycles. The number of aryl methyl sites for hydroxylation is 2. The Morgan fingerprint density at radius 2 is 1.33 bits per heavy atom. The highest BCUT2D eigenvalue weighted by atomic mass is 14.9. The molecule has 21 heavy (non-hydrogen) atoms. The maximum absolute atomic E-state index is 3.46. The molecule has 0 aliphatic heterocycles. The summed E-state index contributed by atoms with van der Waals surface area (Å²) in [7, 11) is 0. The average molecular weight is 281 g/mol. The van der Waals surface area contributed by atoms with Crippen LogP contribution in [-0.2, 0) is 12.8 Å². The molecule has 0 bridgehead atoms. The van der Waals surface area contributed by atoms with Gasteiger partial charge in [-0.05, 0) is 48.9 Å². The summed E-state index contributed by atoms with van der Waals surface area (Å²) in [4.78, 5) is 0. The molecule has 2 rings (SSSR count). The number of benzene rings is 2. The molecule has 112 valence electrons. The van der Waals surface area contributed by atoms with E-state index in [4.69, 9.17) is 0 Å². The summed E-state index contributed by atoms with van der Waals surface area (Å²) in [5.74, 6) is 0. The second-order valence-electron chi connectivity index (χ2n) is 5.67. The zero-order chi connectivity index (χ0) is 14.8. The van der Waals surface area contributed by atoms with Crippen LogP contribution in [0.2, 0.25) is 0 Å². The quantitative estimate of drug-likeness (QED) is 0.601. The molecule has 0 heterocycles. The van der Waals surface area contributed by atoms with Gasteiger partial charge in [0.1, 0.15) is 0 Å². The Labute approximate surface area is 129 Å². The third-order valence-electron chi connectivity index (χ3n) is 3.84. The highest BCUT2D eigenvalue weighted by Crippen LogP contribution is 2.11. The number of hydrogen-bond donors (Lipinski definition) is 1. The van der Waals surface area contributed by atoms with Gasteiger partial charge >= 0.3 is 0 Å². The van der Waals surface area contributed by atoms with E-state index in [1.807, 2.05) is 6.07 Å². The van der Waals surface area contributed by atoms with Crippen LogP contribution in [0.3, 0.4) is 0 Å². The van der Waals surface area contributed by atoms with Gasteiger partial charge in [-0.15, -0.1) is 0 Å². The maximum Gasteiger partial charge on any atom is 0.0340 e. The van der Waals surface area contributed by atoms with E-state index in [1.165, 1.54) is 48.9 Å². The minimum atomic E-state index is 1.03. The van der Waals surface area contributed by atoms with Gasteiger partial charge in [-0.2, -0.15) is 0 Å². The van der Waals surface area contributed by atoms with E-state index in [0.717, 1.165) is 13.0 Å². The molecule has 0 aliphatic carbocycles. The van der Waals surface area contributed by atoms with Crippen LogP contribution in [0.25, 0.3) is 0 Å². The zero-order valence-electron chi connectivity index (χ0n) is 13.1. The molecule has 0 radical (unpaired) electrons. The number of nitrogens with one attached hydrogen (secondary N) is 1. The molecule has 0 aliphatic rings. The van der Waals surface area contributed by atoms with Crippen molar-refractivity contribution in [3.8, 4) is 0 Å². The Bertz CT molecular complexity index is 487. The summed E-state index contributed by atoms with van der Waals surface area (Å²) in [6, 6.07) is 19.6. The van der Waals surface area contributed by atoms with Crippen molar-refractivity contribution in [2.24, 2.45) is 0 Å². The van der Waals surface area contributed by atoms with E-state index >= 15 is 0 Å². The van der Waals surface area contributed by atoms with Crippen LogP contribution in [0.1, 0.15) is 43.7 Å². The predicted molar refractivity (Wildman–Crippen MR) is 92.9 cm³/mol. The fourth-order valence-corrected chi connectivity index (χ4v) is 2.53. The van der Waals surface area contributed by atoms with Crippen LogP contribution >= 0.6 is 0 Å². The Morgan fingerprint density at radius 3 is 1.95 bits per heavy atom. The van der Waals surface area contributed by atoms with Gasteiger partial charge in [0.25, 0.3) is 0 Å². The molecule has 0 fully saturated rings. The van der Waals surface area contributed by atoms with Crippen LogP contribution in [0.15, 0.2) is 54.6 Å². The van der Waals surface area contributed by atoms with Gasteiger partial charge in [0.05, 0.1) is 0 Å². The summed E-state index contributed by atoms with van der Waals surface area (Å²) < 4.78 is 0. The lowest BCUT2D eigenvalue weighted by Gasteiger charge is -2.07. The second kappa shape index (κ2) is 9.23. The minimum Gasteiger partial charge on any atom is -0.385 e. The van der Waals surface area contributed by atoms with Crippen molar-refractivity contribution in [3.63, 3.8) is 0 Å². The third-order valence-corrected chi connectivity index (χ3v) is 3.84. The highest BCUT2D eigenvalue weighted by Gasteiger charge is 1.96. The van der Waals surface area contributed by atoms with Crippen molar-refractivity contribution in [2.45, 2.75) is 45.4 Å². The summed E-state index contributed by atoms with van der Waals surface area (Å²) in [5.41, 5.74) is 4.14. The third kappa shape index (κ3) is 6.03. The molecule has 0 aromatic heterocycles. The molecule has 0 unspecified atom stereocenters. The zero-order valence-corrected chi connectivity index (χ0v) is 13.1. The molecule has 0 atom stereocenters. The smallest absolute Gasteiger partial charge is 0.0340 e. The second-order valence-corrected chi connectivity index (χ2v) is 5.67. The Balaban J connectivity index is 1.66. The lowest BCUT2D eigenvalue weighted by Crippen LogP contribution is -2.02. The lowest BCUT2D eigenvalue weighted by atomic mass is 10.0. The number of unbranched alkanes of at least 4 members (excludes halogenated alkanes) is 2. The Hall–Kier alpha value is -1.76. The molecule has 1 nitrogen and oxygen atoms in total. The number of rotatable bonds is 9. The first-order chi connectivity index (χ1) is 10.4. The van der Waals surface area contributed by atoms with E-state index in [-0.39, 0.29) is 0 Å². The van der Waals surface area contributed by atoms with Gasteiger partial charge in [0.2, 0.25) is 0 Å². The highest BCUT2D eigenvalue weighted by molar-refractivity contribution is 5.42. The van der Waals surface area contributed by atoms with Crippen molar-refractivity contribution < 1.29 is 0 Å². The van der Waals surface area contributed by atoms with Gasteiger partial charge in [-0.3, -0.25) is 0 Å². The minimum absolute atomic E-state index is 1.03. The predicted octanol–water partition coefficient (Wildman–Crippen LogP) is 5.46. The van der Waals surface area contributed by atoms with Gasteiger partial charge in [0, 0.05) is 12.2 Å². The van der Waals surface area contributed by atoms with Gasteiger partial charge in [0.15, 0.2) is 0 Å². The van der Waals surface area contributed by atoms with Crippen molar-refractivity contribution in [1.82, 2.24) is 0 Å². The molecule has 2 aromatic rings. The summed E-state index contributed by atoms with van der Waals surface area (Å²) in [6.07, 6.45) is 7.50. The SMILES string of the molecule is CCCCCc1ccc(CCCNc2ccccc2)cc1. The van der Waals surface area contributed by atoms with E-state index in [9.17, 15) is 0 Å². The molecule has 1 heteroatoms. The summed E-state index contributed by atoms with van der Waals surface area (Å²) >= 11 is 0. The van der Waals surface area contributed by atoms with Crippen LogP contribution in [0, 0.1) is 0 Å². The number of para-hydroxylation sites is 1. The number of anilines is 1.